The van der Waals surface area contributed by atoms with Crippen LogP contribution in [0.2, 0.25) is 0 Å². The van der Waals surface area contributed by atoms with Crippen LogP contribution in [0.3, 0.4) is 0 Å². The normalized spacial score (nSPS) is 21.3. The molecule has 0 amide bonds. The molecule has 0 unspecified atom stereocenters. The molecule has 0 bridgehead atoms. The highest BCUT2D eigenvalue weighted by molar-refractivity contribution is 5.47. The van der Waals surface area contributed by atoms with Crippen molar-refractivity contribution in [2.24, 2.45) is 0 Å². The van der Waals surface area contributed by atoms with Gasteiger partial charge in [-0.3, -0.25) is 0 Å². The Kier molecular flexibility index (Phi) is 3.23. The molecule has 0 aromatic heterocycles. The lowest BCUT2D eigenvalue weighted by Crippen LogP contribution is -2.28. The van der Waals surface area contributed by atoms with E-state index in [9.17, 15) is 0 Å². The molecular weight excluding hydrogens is 188 g/mol. The molecule has 1 aliphatic heterocycles. The number of morpholine rings is 1. The average Bonchev–Trinajstić information content (AvgIpc) is 2.30. The zero-order valence-electron chi connectivity index (χ0n) is 9.31. The van der Waals surface area contributed by atoms with Crippen LogP contribution in [0.25, 0.3) is 0 Å². The van der Waals surface area contributed by atoms with Crippen LogP contribution in [-0.2, 0) is 4.74 Å². The Morgan fingerprint density at radius 3 is 2.93 bits per heavy atom. The summed E-state index contributed by atoms with van der Waals surface area (Å²) in [7, 11) is 4.09. The summed E-state index contributed by atoms with van der Waals surface area (Å²) in [5, 5.41) is 4.37. The van der Waals surface area contributed by atoms with E-state index in [-0.39, 0.29) is 6.10 Å². The molecule has 81 valence electrons. The first-order valence-electron chi connectivity index (χ1n) is 5.29. The van der Waals surface area contributed by atoms with E-state index in [0.29, 0.717) is 0 Å². The van der Waals surface area contributed by atoms with Gasteiger partial charge < -0.3 is 9.64 Å². The maximum atomic E-state index is 5.69. The van der Waals surface area contributed by atoms with Gasteiger partial charge in [0, 0.05) is 32.9 Å². The van der Waals surface area contributed by atoms with Gasteiger partial charge in [0.2, 0.25) is 0 Å². The Hall–Kier alpha value is -1.06. The van der Waals surface area contributed by atoms with Crippen molar-refractivity contribution in [3.63, 3.8) is 0 Å². The van der Waals surface area contributed by atoms with Crippen molar-refractivity contribution in [3.8, 4) is 0 Å². The summed E-state index contributed by atoms with van der Waals surface area (Å²) in [5.41, 5.74) is 2.44. The van der Waals surface area contributed by atoms with Gasteiger partial charge in [0.05, 0.1) is 12.7 Å². The first-order chi connectivity index (χ1) is 7.27. The molecule has 1 aliphatic rings. The number of ether oxygens (including phenoxy) is 1. The molecule has 0 saturated carbocycles. The molecule has 1 saturated heterocycles. The van der Waals surface area contributed by atoms with Gasteiger partial charge in [0.25, 0.3) is 0 Å². The monoisotopic (exact) mass is 205 g/mol. The van der Waals surface area contributed by atoms with Crippen LogP contribution >= 0.6 is 0 Å². The summed E-state index contributed by atoms with van der Waals surface area (Å²) in [4.78, 5) is 2.10. The molecule has 0 spiro atoms. The van der Waals surface area contributed by atoms with E-state index in [4.69, 9.17) is 4.74 Å². The van der Waals surface area contributed by atoms with E-state index in [0.717, 1.165) is 19.7 Å². The Morgan fingerprint density at radius 1 is 1.40 bits per heavy atom. The second-order valence-corrected chi connectivity index (χ2v) is 3.98. The minimum Gasteiger partial charge on any atom is -0.378 e. The maximum absolute atomic E-state index is 5.69. The predicted octanol–water partition coefficient (Wildman–Crippen LogP) is 1.43. The molecule has 1 aromatic carbocycles. The van der Waals surface area contributed by atoms with Crippen LogP contribution in [0, 0.1) is 0 Å². The van der Waals surface area contributed by atoms with E-state index in [1.165, 1.54) is 11.3 Å². The van der Waals surface area contributed by atoms with Gasteiger partial charge in [0.15, 0.2) is 0 Å². The van der Waals surface area contributed by atoms with Crippen molar-refractivity contribution in [2.45, 2.75) is 6.10 Å². The smallest absolute Gasteiger partial charge is 0.0967 e. The topological polar surface area (TPSA) is 26.6 Å². The fourth-order valence-electron chi connectivity index (χ4n) is 1.73. The first kappa shape index (κ1) is 10.5. The Morgan fingerprint density at radius 2 is 2.27 bits per heavy atom. The summed E-state index contributed by atoms with van der Waals surface area (Å²) < 4.78 is 5.69. The number of hydrogen-bond donors (Lipinski definition) is 0. The van der Waals surface area contributed by atoms with Crippen LogP contribution in [0.4, 0.5) is 5.69 Å². The molecule has 1 radical (unpaired) electrons. The second kappa shape index (κ2) is 4.64. The number of hydrogen-bond acceptors (Lipinski definition) is 2. The third-order valence-corrected chi connectivity index (χ3v) is 2.62. The summed E-state index contributed by atoms with van der Waals surface area (Å²) in [5.74, 6) is 0. The number of anilines is 1. The number of rotatable bonds is 2. The molecule has 0 N–H and O–H groups in total. The fourth-order valence-corrected chi connectivity index (χ4v) is 1.73. The van der Waals surface area contributed by atoms with Gasteiger partial charge in [-0.2, -0.15) is 0 Å². The van der Waals surface area contributed by atoms with E-state index in [1.807, 2.05) is 14.1 Å². The third kappa shape index (κ3) is 2.49. The summed E-state index contributed by atoms with van der Waals surface area (Å²) in [6.07, 6.45) is 0.152. The molecule has 1 heterocycles. The molecule has 15 heavy (non-hydrogen) atoms. The summed E-state index contributed by atoms with van der Waals surface area (Å²) in [6.45, 7) is 2.37. The van der Waals surface area contributed by atoms with Crippen molar-refractivity contribution in [2.75, 3.05) is 38.7 Å². The molecular formula is C12H17N2O. The highest BCUT2D eigenvalue weighted by Gasteiger charge is 2.16. The van der Waals surface area contributed by atoms with Crippen molar-refractivity contribution in [1.29, 1.82) is 0 Å². The average molecular weight is 205 g/mol. The van der Waals surface area contributed by atoms with Gasteiger partial charge in [0.1, 0.15) is 0 Å². The summed E-state index contributed by atoms with van der Waals surface area (Å²) in [6, 6.07) is 8.45. The van der Waals surface area contributed by atoms with Crippen LogP contribution in [0.15, 0.2) is 24.3 Å². The lowest BCUT2D eigenvalue weighted by atomic mass is 10.1. The fraction of sp³-hybridized carbons (Fsp3) is 0.500. The van der Waals surface area contributed by atoms with Crippen molar-refractivity contribution < 1.29 is 4.74 Å². The van der Waals surface area contributed by atoms with Gasteiger partial charge >= 0.3 is 0 Å². The summed E-state index contributed by atoms with van der Waals surface area (Å²) >= 11 is 0. The maximum Gasteiger partial charge on any atom is 0.0967 e. The van der Waals surface area contributed by atoms with E-state index in [1.54, 1.807) is 0 Å². The second-order valence-electron chi connectivity index (χ2n) is 3.98. The van der Waals surface area contributed by atoms with E-state index in [2.05, 4.69) is 34.5 Å². The Labute approximate surface area is 91.0 Å². The molecule has 3 nitrogen and oxygen atoms in total. The standard InChI is InChI=1S/C12H17N2O/c1-14(2)11-5-3-4-10(8-11)12-9-13-6-7-15-12/h3-5,8,12H,6-7,9H2,1-2H3/t12-/m1/s1. The Balaban J connectivity index is 2.16. The van der Waals surface area contributed by atoms with E-state index < -0.39 is 0 Å². The lowest BCUT2D eigenvalue weighted by molar-refractivity contribution is 0.0261. The first-order valence-corrected chi connectivity index (χ1v) is 5.29. The van der Waals surface area contributed by atoms with Crippen molar-refractivity contribution in [1.82, 2.24) is 5.32 Å². The highest BCUT2D eigenvalue weighted by atomic mass is 16.5. The van der Waals surface area contributed by atoms with Crippen LogP contribution in [0.5, 0.6) is 0 Å². The minimum absolute atomic E-state index is 0.152. The minimum atomic E-state index is 0.152. The van der Waals surface area contributed by atoms with Gasteiger partial charge in [-0.25, -0.2) is 5.32 Å². The van der Waals surface area contributed by atoms with Gasteiger partial charge in [-0.05, 0) is 17.7 Å². The molecule has 1 atom stereocenters. The number of nitrogens with zero attached hydrogens (tertiary/aromatic N) is 2. The molecule has 2 rings (SSSR count). The van der Waals surface area contributed by atoms with E-state index >= 15 is 0 Å². The van der Waals surface area contributed by atoms with Gasteiger partial charge in [-0.15, -0.1) is 0 Å². The Bertz CT molecular complexity index is 319. The molecule has 1 aromatic rings. The zero-order valence-corrected chi connectivity index (χ0v) is 9.31. The van der Waals surface area contributed by atoms with Gasteiger partial charge in [-0.1, -0.05) is 12.1 Å². The van der Waals surface area contributed by atoms with Crippen LogP contribution in [-0.4, -0.2) is 33.8 Å². The van der Waals surface area contributed by atoms with Crippen LogP contribution in [0.1, 0.15) is 11.7 Å². The molecule has 0 aliphatic carbocycles. The SMILES string of the molecule is CN(C)c1cccc([C@H]2C[N]CCO2)c1. The molecule has 1 fully saturated rings. The highest BCUT2D eigenvalue weighted by Crippen LogP contribution is 2.23. The quantitative estimate of drug-likeness (QED) is 0.730. The van der Waals surface area contributed by atoms with Crippen LogP contribution < -0.4 is 10.2 Å². The van der Waals surface area contributed by atoms with Crippen molar-refractivity contribution >= 4 is 5.69 Å². The predicted molar refractivity (Wildman–Crippen MR) is 61.3 cm³/mol. The molecule has 3 heteroatoms. The largest absolute Gasteiger partial charge is 0.378 e. The van der Waals surface area contributed by atoms with Crippen molar-refractivity contribution in [3.05, 3.63) is 29.8 Å². The lowest BCUT2D eigenvalue weighted by Gasteiger charge is -2.24. The third-order valence-electron chi connectivity index (χ3n) is 2.62. The number of benzene rings is 1. The zero-order chi connectivity index (χ0) is 10.7.